The Hall–Kier alpha value is -2.65. The van der Waals surface area contributed by atoms with Gasteiger partial charge < -0.3 is 10.0 Å². The highest BCUT2D eigenvalue weighted by molar-refractivity contribution is 7.90. The van der Waals surface area contributed by atoms with Crippen LogP contribution in [0.25, 0.3) is 0 Å². The number of phenolic OH excluding ortho intramolecular Hbond substituents is 1. The van der Waals surface area contributed by atoms with Crippen LogP contribution >= 0.6 is 0 Å². The average molecular weight is 471 g/mol. The molecule has 1 saturated carbocycles. The van der Waals surface area contributed by atoms with Gasteiger partial charge in [-0.05, 0) is 69.4 Å². The second-order valence-corrected chi connectivity index (χ2v) is 12.0. The summed E-state index contributed by atoms with van der Waals surface area (Å²) in [6, 6.07) is 7.02. The number of rotatable bonds is 5. The number of anilines is 2. The fraction of sp³-hybridized carbons (Fsp3) is 0.500. The van der Waals surface area contributed by atoms with Gasteiger partial charge in [-0.1, -0.05) is 0 Å². The molecule has 1 aromatic heterocycles. The van der Waals surface area contributed by atoms with Crippen molar-refractivity contribution in [3.05, 3.63) is 47.8 Å². The topological polar surface area (TPSA) is 94.1 Å². The Kier molecular flexibility index (Phi) is 5.17. The molecule has 1 aromatic carbocycles. The Morgan fingerprint density at radius 1 is 1.09 bits per heavy atom. The molecule has 1 saturated heterocycles. The number of pyridine rings is 1. The van der Waals surface area contributed by atoms with Crippen molar-refractivity contribution in [1.82, 2.24) is 9.29 Å². The van der Waals surface area contributed by atoms with Crippen LogP contribution < -0.4 is 9.80 Å². The van der Waals surface area contributed by atoms with Crippen molar-refractivity contribution in [2.24, 2.45) is 0 Å². The molecule has 2 fully saturated rings. The Morgan fingerprint density at radius 2 is 1.79 bits per heavy atom. The van der Waals surface area contributed by atoms with Crippen molar-refractivity contribution < 1.29 is 18.3 Å². The highest BCUT2D eigenvalue weighted by Gasteiger charge is 2.44. The van der Waals surface area contributed by atoms with Crippen LogP contribution in [0.4, 0.5) is 11.4 Å². The highest BCUT2D eigenvalue weighted by Crippen LogP contribution is 2.43. The maximum Gasteiger partial charge on any atom is 0.259 e. The summed E-state index contributed by atoms with van der Waals surface area (Å²) >= 11 is 0. The van der Waals surface area contributed by atoms with E-state index < -0.39 is 15.6 Å². The molecule has 1 amide bonds. The van der Waals surface area contributed by atoms with Crippen molar-refractivity contribution >= 4 is 27.3 Å². The molecule has 33 heavy (non-hydrogen) atoms. The smallest absolute Gasteiger partial charge is 0.259 e. The third-order valence-corrected chi connectivity index (χ3v) is 9.71. The first-order chi connectivity index (χ1) is 15.6. The number of piperidine rings is 1. The van der Waals surface area contributed by atoms with Gasteiger partial charge in [0.05, 0.1) is 34.6 Å². The van der Waals surface area contributed by atoms with Crippen LogP contribution in [0.15, 0.2) is 36.7 Å². The summed E-state index contributed by atoms with van der Waals surface area (Å²) in [7, 11) is -1.13. The van der Waals surface area contributed by atoms with Gasteiger partial charge in [-0.25, -0.2) is 12.7 Å². The zero-order chi connectivity index (χ0) is 23.5. The molecule has 3 heterocycles. The summed E-state index contributed by atoms with van der Waals surface area (Å²) in [5.41, 5.74) is 2.32. The van der Waals surface area contributed by atoms with Crippen molar-refractivity contribution in [2.45, 2.75) is 56.4 Å². The van der Waals surface area contributed by atoms with Gasteiger partial charge in [0.1, 0.15) is 5.75 Å². The lowest BCUT2D eigenvalue weighted by Gasteiger charge is -2.38. The fourth-order valence-electron chi connectivity index (χ4n) is 5.16. The minimum atomic E-state index is -3.13. The molecule has 9 heteroatoms. The maximum absolute atomic E-state index is 13.2. The van der Waals surface area contributed by atoms with Crippen LogP contribution in [-0.2, 0) is 15.6 Å². The van der Waals surface area contributed by atoms with Gasteiger partial charge in [0.25, 0.3) is 5.91 Å². The minimum absolute atomic E-state index is 0.116. The fourth-order valence-corrected chi connectivity index (χ4v) is 7.04. The number of sulfonamides is 1. The van der Waals surface area contributed by atoms with Crippen LogP contribution in [0.2, 0.25) is 0 Å². The lowest BCUT2D eigenvalue weighted by atomic mass is 9.93. The van der Waals surface area contributed by atoms with E-state index in [1.54, 1.807) is 33.7 Å². The van der Waals surface area contributed by atoms with Gasteiger partial charge in [-0.2, -0.15) is 0 Å². The number of phenols is 1. The third-order valence-electron chi connectivity index (χ3n) is 7.31. The van der Waals surface area contributed by atoms with E-state index in [4.69, 9.17) is 0 Å². The minimum Gasteiger partial charge on any atom is -0.508 e. The molecule has 0 unspecified atom stereocenters. The van der Waals surface area contributed by atoms with Gasteiger partial charge in [0, 0.05) is 31.7 Å². The van der Waals surface area contributed by atoms with Gasteiger partial charge in [-0.3, -0.25) is 14.7 Å². The van der Waals surface area contributed by atoms with E-state index in [-0.39, 0.29) is 22.9 Å². The second kappa shape index (κ2) is 7.70. The Bertz CT molecular complexity index is 1200. The van der Waals surface area contributed by atoms with Crippen molar-refractivity contribution in [3.63, 3.8) is 0 Å². The number of carbonyl (C=O) groups excluding carboxylic acids is 1. The number of aromatic nitrogens is 1. The number of fused-ring (bicyclic) bond motifs is 1. The summed E-state index contributed by atoms with van der Waals surface area (Å²) in [6.07, 6.45) is 6.55. The number of hydrogen-bond donors (Lipinski definition) is 1. The predicted octanol–water partition coefficient (Wildman–Crippen LogP) is 3.08. The number of benzene rings is 1. The lowest BCUT2D eigenvalue weighted by molar-refractivity contribution is 0.0982. The zero-order valence-corrected chi connectivity index (χ0v) is 20.0. The molecule has 1 N–H and O–H groups in total. The summed E-state index contributed by atoms with van der Waals surface area (Å²) in [5.74, 6) is 0.0216. The van der Waals surface area contributed by atoms with Crippen LogP contribution in [0.1, 0.15) is 55.5 Å². The average Bonchev–Trinajstić information content (AvgIpc) is 3.62. The van der Waals surface area contributed by atoms with E-state index in [0.29, 0.717) is 24.3 Å². The van der Waals surface area contributed by atoms with E-state index in [1.807, 2.05) is 27.0 Å². The lowest BCUT2D eigenvalue weighted by Crippen LogP contribution is -2.46. The molecule has 0 radical (unpaired) electrons. The van der Waals surface area contributed by atoms with Crippen LogP contribution in [0, 0.1) is 0 Å². The first-order valence-corrected chi connectivity index (χ1v) is 13.0. The molecule has 0 atom stereocenters. The summed E-state index contributed by atoms with van der Waals surface area (Å²) in [4.78, 5) is 21.5. The largest absolute Gasteiger partial charge is 0.508 e. The molecule has 5 rings (SSSR count). The first-order valence-electron chi connectivity index (χ1n) is 11.5. The standard InChI is InChI=1S/C24H30N4O4S/c1-24(2)22-13-19(29)4-7-21(22)23(30)28(24)18-12-17(14-25-15-18)26(3)16-8-10-27(11-9-16)33(31,32)20-5-6-20/h4,7,12-16,20,29H,5-6,8-11H2,1-3H3. The summed E-state index contributed by atoms with van der Waals surface area (Å²) in [5, 5.41) is 9.78. The third kappa shape index (κ3) is 3.67. The van der Waals surface area contributed by atoms with Crippen molar-refractivity contribution in [3.8, 4) is 5.75 Å². The Balaban J connectivity index is 1.35. The quantitative estimate of drug-likeness (QED) is 0.722. The Morgan fingerprint density at radius 3 is 2.45 bits per heavy atom. The van der Waals surface area contributed by atoms with Crippen molar-refractivity contribution in [2.75, 3.05) is 29.9 Å². The number of carbonyl (C=O) groups is 1. The maximum atomic E-state index is 13.2. The summed E-state index contributed by atoms with van der Waals surface area (Å²) < 4.78 is 26.7. The first kappa shape index (κ1) is 22.2. The predicted molar refractivity (Wildman–Crippen MR) is 127 cm³/mol. The Labute approximate surface area is 194 Å². The molecular formula is C24H30N4O4S. The van der Waals surface area contributed by atoms with Crippen molar-refractivity contribution in [1.29, 1.82) is 0 Å². The molecule has 0 bridgehead atoms. The molecule has 8 nitrogen and oxygen atoms in total. The van der Waals surface area contributed by atoms with Crippen LogP contribution in [-0.4, -0.2) is 60.1 Å². The number of aromatic hydroxyl groups is 1. The van der Waals surface area contributed by atoms with Gasteiger partial charge >= 0.3 is 0 Å². The number of hydrogen-bond acceptors (Lipinski definition) is 6. The molecule has 0 spiro atoms. The van der Waals surface area contributed by atoms with Crippen LogP contribution in [0.5, 0.6) is 5.75 Å². The molecular weight excluding hydrogens is 440 g/mol. The molecule has 2 aromatic rings. The number of amides is 1. The van der Waals surface area contributed by atoms with Crippen LogP contribution in [0.3, 0.4) is 0 Å². The molecule has 3 aliphatic rings. The van der Waals surface area contributed by atoms with E-state index >= 15 is 0 Å². The van der Waals surface area contributed by atoms with Gasteiger partial charge in [-0.15, -0.1) is 0 Å². The monoisotopic (exact) mass is 470 g/mol. The van der Waals surface area contributed by atoms with E-state index in [1.165, 1.54) is 6.07 Å². The second-order valence-electron chi connectivity index (χ2n) is 9.82. The molecule has 2 aliphatic heterocycles. The zero-order valence-electron chi connectivity index (χ0n) is 19.2. The SMILES string of the molecule is CN(c1cncc(N2C(=O)c3ccc(O)cc3C2(C)C)c1)C1CCN(S(=O)(=O)C2CC2)CC1. The molecule has 176 valence electrons. The normalized spacial score (nSPS) is 21.3. The molecule has 1 aliphatic carbocycles. The van der Waals surface area contributed by atoms with Gasteiger partial charge in [0.2, 0.25) is 10.0 Å². The van der Waals surface area contributed by atoms with E-state index in [0.717, 1.165) is 36.9 Å². The summed E-state index contributed by atoms with van der Waals surface area (Å²) in [6.45, 7) is 5.00. The van der Waals surface area contributed by atoms with Gasteiger partial charge in [0.15, 0.2) is 0 Å². The van der Waals surface area contributed by atoms with E-state index in [2.05, 4.69) is 9.88 Å². The van der Waals surface area contributed by atoms with E-state index in [9.17, 15) is 18.3 Å². The highest BCUT2D eigenvalue weighted by atomic mass is 32.2. The number of nitrogens with zero attached hydrogens (tertiary/aromatic N) is 4.